The van der Waals surface area contributed by atoms with Crippen molar-refractivity contribution in [2.75, 3.05) is 26.4 Å². The maximum Gasteiger partial charge on any atom is 0.472 e. The Kier molecular flexibility index (Phi) is 69.5. The summed E-state index contributed by atoms with van der Waals surface area (Å²) in [6.45, 7) is 3.66. The molecule has 0 bridgehead atoms. The van der Waals surface area contributed by atoms with Gasteiger partial charge < -0.3 is 20.1 Å². The number of hydrogen-bond acceptors (Lipinski definition) is 8. The standard InChI is InChI=1S/C77H138NO8P/c1-3-5-7-9-11-13-15-17-19-21-23-25-27-29-30-31-32-33-34-35-36-37-38-39-40-41-42-43-44-46-48-50-52-54-56-58-60-62-64-66-68-70-77(80)86-75(74-85-87(81,82)84-72-71-78)73-83-76(79)69-67-65-63-61-59-57-55-53-51-49-47-45-28-26-24-22-20-18-16-14-12-10-8-6-4-2/h5,7,11,13,16-19,22-25,28-30,45,75H,3-4,6,8-10,12,14-15,20-21,26-27,31-44,46-74,78H2,1-2H3,(H,81,82)/b7-5-,13-11-,18-16-,19-17-,24-22-,25-23-,30-29-,45-28-. The molecule has 0 radical (unpaired) electrons. The molecule has 0 amide bonds. The molecule has 0 heterocycles. The van der Waals surface area contributed by atoms with E-state index in [4.69, 9.17) is 24.3 Å². The Labute approximate surface area is 537 Å². The smallest absolute Gasteiger partial charge is 0.462 e. The second-order valence-corrected chi connectivity index (χ2v) is 25.9. The number of esters is 2. The van der Waals surface area contributed by atoms with E-state index in [1.165, 1.54) is 238 Å². The SMILES string of the molecule is CC/C=C\C/C=C\C/C=C\C/C=C\C/C=C\CCCCCCCCCCCCCCCCCCCCCCCCCCCC(=O)OC(COC(=O)CCCCCCCCCCCC/C=C\C/C=C\C/C=C\CCCCCCC)COP(=O)(O)OCCN. The summed E-state index contributed by atoms with van der Waals surface area (Å²) < 4.78 is 33.2. The van der Waals surface area contributed by atoms with Gasteiger partial charge in [0.15, 0.2) is 6.10 Å². The van der Waals surface area contributed by atoms with Crippen LogP contribution in [0.1, 0.15) is 348 Å². The zero-order valence-electron chi connectivity index (χ0n) is 56.7. The van der Waals surface area contributed by atoms with Crippen molar-refractivity contribution in [2.24, 2.45) is 5.73 Å². The van der Waals surface area contributed by atoms with E-state index in [0.29, 0.717) is 6.42 Å². The summed E-state index contributed by atoms with van der Waals surface area (Å²) in [6.07, 6.45) is 98.0. The quantitative estimate of drug-likeness (QED) is 0.0264. The van der Waals surface area contributed by atoms with Crippen molar-refractivity contribution in [3.63, 3.8) is 0 Å². The summed E-state index contributed by atoms with van der Waals surface area (Å²) in [6, 6.07) is 0. The molecule has 0 fully saturated rings. The molecule has 0 spiro atoms. The van der Waals surface area contributed by atoms with Gasteiger partial charge >= 0.3 is 19.8 Å². The van der Waals surface area contributed by atoms with E-state index >= 15 is 0 Å². The number of phosphoric ester groups is 1. The zero-order chi connectivity index (χ0) is 63.0. The third-order valence-corrected chi connectivity index (χ3v) is 16.9. The van der Waals surface area contributed by atoms with E-state index in [2.05, 4.69) is 111 Å². The second-order valence-electron chi connectivity index (χ2n) is 24.4. The molecule has 0 aromatic heterocycles. The first-order chi connectivity index (χ1) is 42.8. The molecule has 504 valence electrons. The van der Waals surface area contributed by atoms with Crippen molar-refractivity contribution in [3.8, 4) is 0 Å². The lowest BCUT2D eigenvalue weighted by molar-refractivity contribution is -0.161. The largest absolute Gasteiger partial charge is 0.472 e. The minimum Gasteiger partial charge on any atom is -0.462 e. The van der Waals surface area contributed by atoms with E-state index in [1.807, 2.05) is 0 Å². The molecular weight excluding hydrogens is 1100 g/mol. The first-order valence-corrected chi connectivity index (χ1v) is 38.2. The fourth-order valence-electron chi connectivity index (χ4n) is 10.6. The van der Waals surface area contributed by atoms with Crippen LogP contribution in [-0.4, -0.2) is 49.3 Å². The summed E-state index contributed by atoms with van der Waals surface area (Å²) in [5, 5.41) is 0. The minimum absolute atomic E-state index is 0.0518. The second kappa shape index (κ2) is 72.0. The van der Waals surface area contributed by atoms with Crippen LogP contribution < -0.4 is 5.73 Å². The van der Waals surface area contributed by atoms with Gasteiger partial charge in [-0.05, 0) is 96.3 Å². The van der Waals surface area contributed by atoms with Crippen molar-refractivity contribution < 1.29 is 37.6 Å². The molecule has 0 aromatic carbocycles. The first kappa shape index (κ1) is 83.9. The molecule has 9 nitrogen and oxygen atoms in total. The number of ether oxygens (including phenoxy) is 2. The number of carbonyl (C=O) groups excluding carboxylic acids is 2. The highest BCUT2D eigenvalue weighted by Gasteiger charge is 2.26. The van der Waals surface area contributed by atoms with E-state index in [0.717, 1.165) is 77.0 Å². The van der Waals surface area contributed by atoms with E-state index < -0.39 is 26.5 Å². The maximum atomic E-state index is 12.8. The number of allylic oxidation sites excluding steroid dienone is 16. The van der Waals surface area contributed by atoms with E-state index in [-0.39, 0.29) is 38.6 Å². The first-order valence-electron chi connectivity index (χ1n) is 36.7. The van der Waals surface area contributed by atoms with Crippen LogP contribution >= 0.6 is 7.82 Å². The van der Waals surface area contributed by atoms with Gasteiger partial charge in [0.05, 0.1) is 13.2 Å². The van der Waals surface area contributed by atoms with Gasteiger partial charge in [-0.2, -0.15) is 0 Å². The van der Waals surface area contributed by atoms with Crippen LogP contribution in [0.25, 0.3) is 0 Å². The van der Waals surface area contributed by atoms with Crippen LogP contribution in [0.5, 0.6) is 0 Å². The van der Waals surface area contributed by atoms with Gasteiger partial charge in [0.25, 0.3) is 0 Å². The van der Waals surface area contributed by atoms with Gasteiger partial charge in [-0.15, -0.1) is 0 Å². The molecule has 10 heteroatoms. The van der Waals surface area contributed by atoms with Crippen molar-refractivity contribution >= 4 is 19.8 Å². The highest BCUT2D eigenvalue weighted by Crippen LogP contribution is 2.43. The number of rotatable bonds is 69. The van der Waals surface area contributed by atoms with Gasteiger partial charge in [0.2, 0.25) is 0 Å². The monoisotopic (exact) mass is 1240 g/mol. The lowest BCUT2D eigenvalue weighted by Crippen LogP contribution is -2.29. The Morgan fingerprint density at radius 3 is 0.943 bits per heavy atom. The predicted molar refractivity (Wildman–Crippen MR) is 376 cm³/mol. The van der Waals surface area contributed by atoms with Crippen molar-refractivity contribution in [1.82, 2.24) is 0 Å². The summed E-state index contributed by atoms with van der Waals surface area (Å²) in [5.41, 5.74) is 5.40. The molecule has 87 heavy (non-hydrogen) atoms. The van der Waals surface area contributed by atoms with Gasteiger partial charge in [-0.25, -0.2) is 4.57 Å². The molecule has 0 rings (SSSR count). The number of phosphoric acid groups is 1. The van der Waals surface area contributed by atoms with Gasteiger partial charge in [0, 0.05) is 19.4 Å². The van der Waals surface area contributed by atoms with Crippen molar-refractivity contribution in [1.29, 1.82) is 0 Å². The van der Waals surface area contributed by atoms with Crippen LogP contribution in [0, 0.1) is 0 Å². The lowest BCUT2D eigenvalue weighted by atomic mass is 10.0. The van der Waals surface area contributed by atoms with Gasteiger partial charge in [-0.3, -0.25) is 18.6 Å². The minimum atomic E-state index is -4.40. The number of nitrogens with two attached hydrogens (primary N) is 1. The molecule has 0 aromatic rings. The Hall–Kier alpha value is -3.07. The molecule has 2 atom stereocenters. The molecule has 2 unspecified atom stereocenters. The van der Waals surface area contributed by atoms with Crippen LogP contribution in [0.3, 0.4) is 0 Å². The summed E-state index contributed by atoms with van der Waals surface area (Å²) in [7, 11) is -4.40. The van der Waals surface area contributed by atoms with E-state index in [1.54, 1.807) is 0 Å². The maximum absolute atomic E-state index is 12.8. The lowest BCUT2D eigenvalue weighted by Gasteiger charge is -2.19. The van der Waals surface area contributed by atoms with Crippen LogP contribution in [0.15, 0.2) is 97.2 Å². The van der Waals surface area contributed by atoms with Crippen LogP contribution in [0.2, 0.25) is 0 Å². The highest BCUT2D eigenvalue weighted by atomic mass is 31.2. The fourth-order valence-corrected chi connectivity index (χ4v) is 11.3. The summed E-state index contributed by atoms with van der Waals surface area (Å²) >= 11 is 0. The third kappa shape index (κ3) is 71.9. The Morgan fingerprint density at radius 2 is 0.632 bits per heavy atom. The molecule has 0 aliphatic carbocycles. The highest BCUT2D eigenvalue weighted by molar-refractivity contribution is 7.47. The molecule has 0 saturated carbocycles. The molecule has 0 aliphatic rings. The van der Waals surface area contributed by atoms with E-state index in [9.17, 15) is 19.0 Å². The molecule has 0 aliphatic heterocycles. The predicted octanol–water partition coefficient (Wildman–Crippen LogP) is 24.3. The average Bonchev–Trinajstić information content (AvgIpc) is 3.65. The molecule has 0 saturated heterocycles. The summed E-state index contributed by atoms with van der Waals surface area (Å²) in [4.78, 5) is 35.4. The average molecular weight is 1240 g/mol. The van der Waals surface area contributed by atoms with Crippen molar-refractivity contribution in [3.05, 3.63) is 97.2 Å². The normalized spacial score (nSPS) is 13.5. The topological polar surface area (TPSA) is 134 Å². The van der Waals surface area contributed by atoms with Gasteiger partial charge in [0.1, 0.15) is 6.61 Å². The van der Waals surface area contributed by atoms with Crippen molar-refractivity contribution in [2.45, 2.75) is 354 Å². The number of carbonyl (C=O) groups is 2. The number of hydrogen-bond donors (Lipinski definition) is 2. The third-order valence-electron chi connectivity index (χ3n) is 16.0. The molecular formula is C77H138NO8P. The van der Waals surface area contributed by atoms with Crippen LogP contribution in [-0.2, 0) is 32.7 Å². The Bertz CT molecular complexity index is 1750. The summed E-state index contributed by atoms with van der Waals surface area (Å²) in [5.74, 6) is -0.819. The Morgan fingerprint density at radius 1 is 0.356 bits per heavy atom. The fraction of sp³-hybridized carbons (Fsp3) is 0.766. The molecule has 3 N–H and O–H groups in total. The van der Waals surface area contributed by atoms with Crippen LogP contribution in [0.4, 0.5) is 0 Å². The zero-order valence-corrected chi connectivity index (χ0v) is 57.6. The van der Waals surface area contributed by atoms with Gasteiger partial charge in [-0.1, -0.05) is 336 Å². The Balaban J connectivity index is 3.80. The number of unbranched alkanes of at least 4 members (excludes halogenated alkanes) is 40.